The zero-order chi connectivity index (χ0) is 11.0. The quantitative estimate of drug-likeness (QED) is 0.855. The number of aryl methyl sites for hydroxylation is 1. The molecule has 0 saturated heterocycles. The number of thiophene rings is 2. The fourth-order valence-electron chi connectivity index (χ4n) is 1.24. The molecule has 0 aliphatic carbocycles. The monoisotopic (exact) mass is 322 g/mol. The Morgan fingerprint density at radius 2 is 2.07 bits per heavy atom. The lowest BCUT2D eigenvalue weighted by molar-refractivity contribution is 0.228. The molecule has 2 rings (SSSR count). The van der Waals surface area contributed by atoms with Gasteiger partial charge in [-0.05, 0) is 41.1 Å². The maximum atomic E-state index is 10.1. The number of hydrogen-bond donors (Lipinski definition) is 1. The van der Waals surface area contributed by atoms with E-state index >= 15 is 0 Å². The van der Waals surface area contributed by atoms with Crippen LogP contribution in [-0.4, -0.2) is 5.11 Å². The molecule has 0 aromatic carbocycles. The molecule has 1 unspecified atom stereocenters. The second-order valence-corrected chi connectivity index (χ2v) is 6.98. The zero-order valence-corrected chi connectivity index (χ0v) is 11.8. The summed E-state index contributed by atoms with van der Waals surface area (Å²) in [7, 11) is 0. The second-order valence-electron chi connectivity index (χ2n) is 3.12. The molecule has 0 fully saturated rings. The van der Waals surface area contributed by atoms with Gasteiger partial charge in [0.25, 0.3) is 0 Å². The largest absolute Gasteiger partial charge is 0.382 e. The van der Waals surface area contributed by atoms with Crippen LogP contribution in [0.2, 0.25) is 4.34 Å². The summed E-state index contributed by atoms with van der Waals surface area (Å²) < 4.78 is 1.52. The zero-order valence-electron chi connectivity index (χ0n) is 7.83. The van der Waals surface area contributed by atoms with E-state index in [9.17, 15) is 5.11 Å². The molecule has 80 valence electrons. The van der Waals surface area contributed by atoms with Crippen molar-refractivity contribution in [1.29, 1.82) is 0 Å². The third-order valence-corrected chi connectivity index (χ3v) is 5.54. The van der Waals surface area contributed by atoms with E-state index in [2.05, 4.69) is 15.9 Å². The maximum Gasteiger partial charge on any atom is 0.122 e. The molecule has 1 nitrogen and oxygen atoms in total. The van der Waals surface area contributed by atoms with E-state index in [1.165, 1.54) is 16.2 Å². The molecule has 2 aromatic heterocycles. The highest BCUT2D eigenvalue weighted by molar-refractivity contribution is 9.10. The lowest BCUT2D eigenvalue weighted by Crippen LogP contribution is -1.92. The average molecular weight is 324 g/mol. The van der Waals surface area contributed by atoms with Crippen molar-refractivity contribution in [3.05, 3.63) is 41.6 Å². The lowest BCUT2D eigenvalue weighted by atomic mass is 10.2. The van der Waals surface area contributed by atoms with Crippen LogP contribution in [0.15, 0.2) is 22.7 Å². The molecule has 5 heteroatoms. The predicted molar refractivity (Wildman–Crippen MR) is 70.1 cm³/mol. The van der Waals surface area contributed by atoms with Crippen LogP contribution in [0.25, 0.3) is 0 Å². The van der Waals surface area contributed by atoms with Crippen LogP contribution in [-0.2, 0) is 0 Å². The van der Waals surface area contributed by atoms with Crippen molar-refractivity contribution >= 4 is 50.2 Å². The second kappa shape index (κ2) is 4.55. The minimum Gasteiger partial charge on any atom is -0.382 e. The number of rotatable bonds is 2. The highest BCUT2D eigenvalue weighted by atomic mass is 79.9. The highest BCUT2D eigenvalue weighted by Crippen LogP contribution is 2.38. The molecular weight excluding hydrogens is 316 g/mol. The standard InChI is InChI=1S/C10H8BrClOS2/c1-5-2-3-7(14-5)9(13)8-4-6(11)10(12)15-8/h2-4,9,13H,1H3. The third-order valence-electron chi connectivity index (χ3n) is 1.96. The van der Waals surface area contributed by atoms with Crippen molar-refractivity contribution < 1.29 is 5.11 Å². The van der Waals surface area contributed by atoms with Crippen molar-refractivity contribution in [2.75, 3.05) is 0 Å². The summed E-state index contributed by atoms with van der Waals surface area (Å²) in [5, 5.41) is 10.1. The molecule has 1 atom stereocenters. The van der Waals surface area contributed by atoms with Gasteiger partial charge in [0, 0.05) is 19.1 Å². The van der Waals surface area contributed by atoms with Gasteiger partial charge < -0.3 is 5.11 Å². The van der Waals surface area contributed by atoms with Gasteiger partial charge >= 0.3 is 0 Å². The van der Waals surface area contributed by atoms with E-state index in [0.717, 1.165) is 14.2 Å². The Kier molecular flexibility index (Phi) is 3.52. The number of aliphatic hydroxyl groups is 1. The summed E-state index contributed by atoms with van der Waals surface area (Å²) in [5.41, 5.74) is 0. The smallest absolute Gasteiger partial charge is 0.122 e. The minimum atomic E-state index is -0.558. The van der Waals surface area contributed by atoms with E-state index in [1.807, 2.05) is 25.1 Å². The van der Waals surface area contributed by atoms with Crippen LogP contribution in [0.1, 0.15) is 20.7 Å². The summed E-state index contributed by atoms with van der Waals surface area (Å²) in [6.07, 6.45) is -0.558. The van der Waals surface area contributed by atoms with Gasteiger partial charge in [0.05, 0.1) is 0 Å². The molecule has 1 N–H and O–H groups in total. The third kappa shape index (κ3) is 2.45. The van der Waals surface area contributed by atoms with E-state index in [1.54, 1.807) is 11.3 Å². The molecule has 0 bridgehead atoms. The molecule has 15 heavy (non-hydrogen) atoms. The van der Waals surface area contributed by atoms with Gasteiger partial charge in [-0.2, -0.15) is 0 Å². The van der Waals surface area contributed by atoms with Crippen molar-refractivity contribution in [1.82, 2.24) is 0 Å². The molecule has 0 radical (unpaired) electrons. The van der Waals surface area contributed by atoms with Crippen LogP contribution in [0.4, 0.5) is 0 Å². The Hall–Kier alpha value is 0.130. The summed E-state index contributed by atoms with van der Waals surface area (Å²) in [4.78, 5) is 3.03. The number of halogens is 2. The van der Waals surface area contributed by atoms with Crippen LogP contribution in [0.3, 0.4) is 0 Å². The van der Waals surface area contributed by atoms with Crippen molar-refractivity contribution in [3.63, 3.8) is 0 Å². The van der Waals surface area contributed by atoms with Gasteiger partial charge in [-0.3, -0.25) is 0 Å². The van der Waals surface area contributed by atoms with Gasteiger partial charge in [-0.1, -0.05) is 11.6 Å². The molecule has 0 amide bonds. The van der Waals surface area contributed by atoms with E-state index in [4.69, 9.17) is 11.6 Å². The highest BCUT2D eigenvalue weighted by Gasteiger charge is 2.16. The molecule has 2 aromatic rings. The Morgan fingerprint density at radius 3 is 2.53 bits per heavy atom. The average Bonchev–Trinajstić information content (AvgIpc) is 2.74. The lowest BCUT2D eigenvalue weighted by Gasteiger charge is -2.04. The van der Waals surface area contributed by atoms with E-state index in [0.29, 0.717) is 4.34 Å². The van der Waals surface area contributed by atoms with Crippen molar-refractivity contribution in [2.45, 2.75) is 13.0 Å². The van der Waals surface area contributed by atoms with Crippen molar-refractivity contribution in [2.24, 2.45) is 0 Å². The summed E-state index contributed by atoms with van der Waals surface area (Å²) in [5.74, 6) is 0. The van der Waals surface area contributed by atoms with Gasteiger partial charge in [-0.15, -0.1) is 22.7 Å². The molecule has 0 saturated carbocycles. The van der Waals surface area contributed by atoms with Gasteiger partial charge in [0.15, 0.2) is 0 Å². The first-order chi connectivity index (χ1) is 7.08. The molecule has 0 aliphatic heterocycles. The topological polar surface area (TPSA) is 20.2 Å². The SMILES string of the molecule is Cc1ccc(C(O)c2cc(Br)c(Cl)s2)s1. The predicted octanol–water partition coefficient (Wildman–Crippen LogP) is 4.62. The Labute approximate surface area is 109 Å². The first-order valence-electron chi connectivity index (χ1n) is 4.27. The molecule has 0 spiro atoms. The van der Waals surface area contributed by atoms with Crippen LogP contribution in [0, 0.1) is 6.92 Å². The summed E-state index contributed by atoms with van der Waals surface area (Å²) in [6, 6.07) is 5.83. The number of aliphatic hydroxyl groups excluding tert-OH is 1. The maximum absolute atomic E-state index is 10.1. The normalized spacial score (nSPS) is 13.1. The van der Waals surface area contributed by atoms with Crippen LogP contribution < -0.4 is 0 Å². The Balaban J connectivity index is 2.31. The molecule has 2 heterocycles. The van der Waals surface area contributed by atoms with Gasteiger partial charge in [-0.25, -0.2) is 0 Å². The van der Waals surface area contributed by atoms with Crippen molar-refractivity contribution in [3.8, 4) is 0 Å². The summed E-state index contributed by atoms with van der Waals surface area (Å²) >= 11 is 12.3. The Bertz CT molecular complexity index is 458. The van der Waals surface area contributed by atoms with E-state index < -0.39 is 6.10 Å². The number of hydrogen-bond acceptors (Lipinski definition) is 3. The first kappa shape index (κ1) is 11.6. The van der Waals surface area contributed by atoms with Gasteiger partial charge in [0.1, 0.15) is 10.4 Å². The fourth-order valence-corrected chi connectivity index (χ4v) is 3.94. The minimum absolute atomic E-state index is 0.558. The van der Waals surface area contributed by atoms with E-state index in [-0.39, 0.29) is 0 Å². The molecule has 0 aliphatic rings. The fraction of sp³-hybridized carbons (Fsp3) is 0.200. The summed E-state index contributed by atoms with van der Waals surface area (Å²) in [6.45, 7) is 2.03. The Morgan fingerprint density at radius 1 is 1.33 bits per heavy atom. The molecular formula is C10H8BrClOS2. The van der Waals surface area contributed by atoms with Crippen LogP contribution in [0.5, 0.6) is 0 Å². The first-order valence-corrected chi connectivity index (χ1v) is 7.07. The van der Waals surface area contributed by atoms with Crippen LogP contribution >= 0.6 is 50.2 Å². The van der Waals surface area contributed by atoms with Gasteiger partial charge in [0.2, 0.25) is 0 Å².